The monoisotopic (exact) mass is 395 g/mol. The van der Waals surface area contributed by atoms with Crippen LogP contribution in [0.25, 0.3) is 0 Å². The molecule has 0 bridgehead atoms. The number of carbonyl (C=O) groups is 2. The number of para-hydroxylation sites is 1. The molecule has 0 aromatic heterocycles. The van der Waals surface area contributed by atoms with Crippen molar-refractivity contribution in [1.29, 1.82) is 0 Å². The van der Waals surface area contributed by atoms with Crippen LogP contribution in [0.1, 0.15) is 41.4 Å². The number of hydrogen-bond donors (Lipinski definition) is 3. The van der Waals surface area contributed by atoms with Gasteiger partial charge in [0.25, 0.3) is 5.91 Å². The van der Waals surface area contributed by atoms with Gasteiger partial charge < -0.3 is 20.7 Å². The molecule has 0 saturated heterocycles. The summed E-state index contributed by atoms with van der Waals surface area (Å²) in [5.74, 6) is -0.0817. The molecule has 6 nitrogen and oxygen atoms in total. The van der Waals surface area contributed by atoms with E-state index in [0.717, 1.165) is 13.0 Å². The highest BCUT2D eigenvalue weighted by Crippen LogP contribution is 2.22. The summed E-state index contributed by atoms with van der Waals surface area (Å²) in [6.45, 7) is 5.20. The Kier molecular flexibility index (Phi) is 6.88. The van der Waals surface area contributed by atoms with Crippen LogP contribution in [0.2, 0.25) is 0 Å². The first-order valence-electron chi connectivity index (χ1n) is 10.0. The number of amides is 2. The normalized spacial score (nSPS) is 16.6. The van der Waals surface area contributed by atoms with E-state index < -0.39 is 6.04 Å². The van der Waals surface area contributed by atoms with Gasteiger partial charge in [0.1, 0.15) is 11.8 Å². The highest BCUT2D eigenvalue weighted by atomic mass is 16.5. The molecule has 2 unspecified atom stereocenters. The number of hydrogen-bond acceptors (Lipinski definition) is 4. The molecule has 29 heavy (non-hydrogen) atoms. The Labute approximate surface area is 172 Å². The molecule has 2 aromatic rings. The Bertz CT molecular complexity index is 866. The molecule has 2 atom stereocenters. The molecule has 2 amide bonds. The zero-order valence-electron chi connectivity index (χ0n) is 17.2. The maximum Gasteiger partial charge on any atom is 0.255 e. The minimum absolute atomic E-state index is 0.0553. The second-order valence-electron chi connectivity index (χ2n) is 7.60. The lowest BCUT2D eigenvalue weighted by Crippen LogP contribution is -2.51. The van der Waals surface area contributed by atoms with Gasteiger partial charge in [0, 0.05) is 12.6 Å². The molecule has 1 aliphatic rings. The van der Waals surface area contributed by atoms with Crippen molar-refractivity contribution in [3.63, 3.8) is 0 Å². The van der Waals surface area contributed by atoms with Gasteiger partial charge in [-0.3, -0.25) is 9.59 Å². The SMILES string of the molecule is COc1ccccc1C(=O)NC(C(=O)NCC1NCCc2ccccc21)C(C)C. The molecule has 154 valence electrons. The van der Waals surface area contributed by atoms with Crippen molar-refractivity contribution in [1.82, 2.24) is 16.0 Å². The zero-order chi connectivity index (χ0) is 20.8. The Balaban J connectivity index is 1.65. The molecule has 1 heterocycles. The molecule has 3 N–H and O–H groups in total. The molecule has 0 aliphatic carbocycles. The van der Waals surface area contributed by atoms with Gasteiger partial charge in [-0.15, -0.1) is 0 Å². The summed E-state index contributed by atoms with van der Waals surface area (Å²) >= 11 is 0. The first kappa shape index (κ1) is 20.9. The van der Waals surface area contributed by atoms with Crippen LogP contribution >= 0.6 is 0 Å². The van der Waals surface area contributed by atoms with E-state index in [1.807, 2.05) is 26.0 Å². The number of fused-ring (bicyclic) bond motifs is 1. The number of nitrogens with one attached hydrogen (secondary N) is 3. The van der Waals surface area contributed by atoms with Crippen LogP contribution in [-0.4, -0.2) is 38.1 Å². The van der Waals surface area contributed by atoms with E-state index in [9.17, 15) is 9.59 Å². The largest absolute Gasteiger partial charge is 0.496 e. The number of methoxy groups -OCH3 is 1. The van der Waals surface area contributed by atoms with E-state index >= 15 is 0 Å². The molecule has 2 aromatic carbocycles. The Hall–Kier alpha value is -2.86. The van der Waals surface area contributed by atoms with E-state index in [1.165, 1.54) is 18.2 Å². The van der Waals surface area contributed by atoms with Gasteiger partial charge in [0.15, 0.2) is 0 Å². The maximum atomic E-state index is 12.9. The summed E-state index contributed by atoms with van der Waals surface area (Å²) in [4.78, 5) is 25.6. The summed E-state index contributed by atoms with van der Waals surface area (Å²) in [5.41, 5.74) is 2.95. The third kappa shape index (κ3) is 4.95. The van der Waals surface area contributed by atoms with Crippen LogP contribution < -0.4 is 20.7 Å². The molecule has 0 radical (unpaired) electrons. The van der Waals surface area contributed by atoms with Crippen molar-refractivity contribution in [3.8, 4) is 5.75 Å². The zero-order valence-corrected chi connectivity index (χ0v) is 17.2. The predicted octanol–water partition coefficient (Wildman–Crippen LogP) is 2.45. The molecule has 3 rings (SSSR count). The minimum atomic E-state index is -0.633. The van der Waals surface area contributed by atoms with Crippen molar-refractivity contribution in [2.45, 2.75) is 32.4 Å². The molecule has 1 aliphatic heterocycles. The van der Waals surface area contributed by atoms with Gasteiger partial charge in [-0.05, 0) is 42.1 Å². The van der Waals surface area contributed by atoms with Crippen LogP contribution in [0.4, 0.5) is 0 Å². The summed E-state index contributed by atoms with van der Waals surface area (Å²) in [6.07, 6.45) is 0.990. The molecular formula is C23H29N3O3. The molecule has 0 saturated carbocycles. The minimum Gasteiger partial charge on any atom is -0.496 e. The summed E-state index contributed by atoms with van der Waals surface area (Å²) in [6, 6.07) is 14.7. The second-order valence-corrected chi connectivity index (χ2v) is 7.60. The highest BCUT2D eigenvalue weighted by molar-refractivity contribution is 5.99. The average molecular weight is 396 g/mol. The van der Waals surface area contributed by atoms with Crippen LogP contribution in [0.3, 0.4) is 0 Å². The van der Waals surface area contributed by atoms with Gasteiger partial charge in [0.2, 0.25) is 5.91 Å². The van der Waals surface area contributed by atoms with Crippen molar-refractivity contribution in [2.75, 3.05) is 20.2 Å². The van der Waals surface area contributed by atoms with Crippen LogP contribution in [-0.2, 0) is 11.2 Å². The molecule has 0 fully saturated rings. The lowest BCUT2D eigenvalue weighted by atomic mass is 9.94. The highest BCUT2D eigenvalue weighted by Gasteiger charge is 2.27. The number of carbonyl (C=O) groups excluding carboxylic acids is 2. The van der Waals surface area contributed by atoms with E-state index in [4.69, 9.17) is 4.74 Å². The van der Waals surface area contributed by atoms with Crippen molar-refractivity contribution < 1.29 is 14.3 Å². The van der Waals surface area contributed by atoms with Crippen molar-refractivity contribution in [3.05, 3.63) is 65.2 Å². The van der Waals surface area contributed by atoms with Gasteiger partial charge in [-0.1, -0.05) is 50.2 Å². The summed E-state index contributed by atoms with van der Waals surface area (Å²) < 4.78 is 5.26. The molecular weight excluding hydrogens is 366 g/mol. The lowest BCUT2D eigenvalue weighted by Gasteiger charge is -2.28. The number of benzene rings is 2. The lowest BCUT2D eigenvalue weighted by molar-refractivity contribution is -0.124. The average Bonchev–Trinajstić information content (AvgIpc) is 2.75. The predicted molar refractivity (Wildman–Crippen MR) is 113 cm³/mol. The van der Waals surface area contributed by atoms with Crippen molar-refractivity contribution in [2.24, 2.45) is 5.92 Å². The van der Waals surface area contributed by atoms with Gasteiger partial charge in [-0.25, -0.2) is 0 Å². The van der Waals surface area contributed by atoms with Gasteiger partial charge in [-0.2, -0.15) is 0 Å². The fourth-order valence-corrected chi connectivity index (χ4v) is 3.67. The molecule has 6 heteroatoms. The third-order valence-corrected chi connectivity index (χ3v) is 5.28. The molecule has 0 spiro atoms. The first-order chi connectivity index (χ1) is 14.0. The standard InChI is InChI=1S/C23H29N3O3/c1-15(2)21(26-22(27)18-10-6-7-11-20(18)29-3)23(28)25-14-19-17-9-5-4-8-16(17)12-13-24-19/h4-11,15,19,21,24H,12-14H2,1-3H3,(H,25,28)(H,26,27). The number of rotatable bonds is 7. The van der Waals surface area contributed by atoms with Gasteiger partial charge in [0.05, 0.1) is 12.7 Å². The van der Waals surface area contributed by atoms with E-state index in [0.29, 0.717) is 17.9 Å². The number of ether oxygens (including phenoxy) is 1. The fourth-order valence-electron chi connectivity index (χ4n) is 3.67. The Morgan fingerprint density at radius 3 is 2.62 bits per heavy atom. The maximum absolute atomic E-state index is 12.9. The van der Waals surface area contributed by atoms with Crippen LogP contribution in [0.5, 0.6) is 5.75 Å². The quantitative estimate of drug-likeness (QED) is 0.673. The Morgan fingerprint density at radius 2 is 1.86 bits per heavy atom. The third-order valence-electron chi connectivity index (χ3n) is 5.28. The first-order valence-corrected chi connectivity index (χ1v) is 10.0. The van der Waals surface area contributed by atoms with Crippen LogP contribution in [0.15, 0.2) is 48.5 Å². The van der Waals surface area contributed by atoms with E-state index in [-0.39, 0.29) is 23.8 Å². The topological polar surface area (TPSA) is 79.5 Å². The van der Waals surface area contributed by atoms with E-state index in [2.05, 4.69) is 28.1 Å². The fraction of sp³-hybridized carbons (Fsp3) is 0.391. The summed E-state index contributed by atoms with van der Waals surface area (Å²) in [7, 11) is 1.52. The van der Waals surface area contributed by atoms with E-state index in [1.54, 1.807) is 24.3 Å². The second kappa shape index (κ2) is 9.56. The smallest absolute Gasteiger partial charge is 0.255 e. The van der Waals surface area contributed by atoms with Gasteiger partial charge >= 0.3 is 0 Å². The summed E-state index contributed by atoms with van der Waals surface area (Å²) in [5, 5.41) is 9.34. The van der Waals surface area contributed by atoms with Crippen molar-refractivity contribution >= 4 is 11.8 Å². The van der Waals surface area contributed by atoms with Crippen LogP contribution in [0, 0.1) is 5.92 Å². The Morgan fingerprint density at radius 1 is 1.14 bits per heavy atom.